The summed E-state index contributed by atoms with van der Waals surface area (Å²) < 4.78 is 13.6. The molecule has 0 aliphatic rings. The highest BCUT2D eigenvalue weighted by atomic mass is 16.5. The molecule has 1 heterocycles. The summed E-state index contributed by atoms with van der Waals surface area (Å²) in [6.45, 7) is 9.55. The molecule has 2 aromatic carbocycles. The maximum Gasteiger partial charge on any atom is 0.227 e. The van der Waals surface area contributed by atoms with Crippen LogP contribution in [0, 0.1) is 0 Å². The standard InChI is InChI=1S/C26H35N3O3/c1-6-19(3)28(17-20(4)30)18-24-25(7-2)27-29(21-11-9-8-10-12-21)26(24)32-23-15-13-22(31-5)14-16-23/h8-16,19-20,30H,6-7,17-18H2,1-5H3/t19-,20-/m0/s1. The van der Waals surface area contributed by atoms with E-state index in [1.165, 1.54) is 0 Å². The highest BCUT2D eigenvalue weighted by Gasteiger charge is 2.24. The summed E-state index contributed by atoms with van der Waals surface area (Å²) in [6.07, 6.45) is 1.37. The molecule has 3 rings (SSSR count). The van der Waals surface area contributed by atoms with Gasteiger partial charge in [-0.05, 0) is 63.1 Å². The summed E-state index contributed by atoms with van der Waals surface area (Å²) in [7, 11) is 1.65. The molecule has 172 valence electrons. The van der Waals surface area contributed by atoms with E-state index in [1.807, 2.05) is 66.2 Å². The van der Waals surface area contributed by atoms with Crippen molar-refractivity contribution in [2.45, 2.75) is 59.2 Å². The Balaban J connectivity index is 2.08. The second-order valence-corrected chi connectivity index (χ2v) is 8.14. The van der Waals surface area contributed by atoms with Gasteiger partial charge in [0.1, 0.15) is 11.5 Å². The minimum atomic E-state index is -0.413. The fourth-order valence-electron chi connectivity index (χ4n) is 3.73. The zero-order valence-corrected chi connectivity index (χ0v) is 19.8. The first kappa shape index (κ1) is 23.8. The molecule has 0 spiro atoms. The number of ether oxygens (including phenoxy) is 2. The Bertz CT molecular complexity index is 968. The molecule has 0 saturated heterocycles. The summed E-state index contributed by atoms with van der Waals surface area (Å²) in [5, 5.41) is 15.0. The van der Waals surface area contributed by atoms with Crippen molar-refractivity contribution in [2.24, 2.45) is 0 Å². The molecule has 6 heteroatoms. The lowest BCUT2D eigenvalue weighted by Gasteiger charge is -2.29. The van der Waals surface area contributed by atoms with Crippen LogP contribution in [0.25, 0.3) is 5.69 Å². The SMILES string of the molecule is CCc1nn(-c2ccccc2)c(Oc2ccc(OC)cc2)c1CN(C[C@H](C)O)[C@@H](C)CC. The van der Waals surface area contributed by atoms with Crippen molar-refractivity contribution in [3.63, 3.8) is 0 Å². The van der Waals surface area contributed by atoms with Gasteiger partial charge in [0, 0.05) is 19.1 Å². The van der Waals surface area contributed by atoms with Gasteiger partial charge in [-0.2, -0.15) is 5.10 Å². The van der Waals surface area contributed by atoms with Crippen LogP contribution in [-0.2, 0) is 13.0 Å². The van der Waals surface area contributed by atoms with Gasteiger partial charge >= 0.3 is 0 Å². The van der Waals surface area contributed by atoms with Gasteiger partial charge in [-0.25, -0.2) is 4.68 Å². The topological polar surface area (TPSA) is 59.8 Å². The number of aryl methyl sites for hydroxylation is 1. The summed E-state index contributed by atoms with van der Waals surface area (Å²) in [6, 6.07) is 17.9. The van der Waals surface area contributed by atoms with Crippen molar-refractivity contribution >= 4 is 0 Å². The van der Waals surface area contributed by atoms with Crippen LogP contribution in [0.3, 0.4) is 0 Å². The molecule has 3 aromatic rings. The number of aliphatic hydroxyl groups excluding tert-OH is 1. The Morgan fingerprint density at radius 2 is 1.66 bits per heavy atom. The maximum atomic E-state index is 10.1. The van der Waals surface area contributed by atoms with Crippen LogP contribution in [0.5, 0.6) is 17.4 Å². The monoisotopic (exact) mass is 437 g/mol. The van der Waals surface area contributed by atoms with E-state index >= 15 is 0 Å². The van der Waals surface area contributed by atoms with Crippen molar-refractivity contribution in [1.82, 2.24) is 14.7 Å². The smallest absolute Gasteiger partial charge is 0.227 e. The average molecular weight is 438 g/mol. The van der Waals surface area contributed by atoms with E-state index in [0.29, 0.717) is 25.0 Å². The number of benzene rings is 2. The minimum Gasteiger partial charge on any atom is -0.497 e. The van der Waals surface area contributed by atoms with Crippen molar-refractivity contribution in [3.8, 4) is 23.1 Å². The summed E-state index contributed by atoms with van der Waals surface area (Å²) in [4.78, 5) is 2.30. The molecule has 2 atom stereocenters. The molecule has 0 aliphatic carbocycles. The van der Waals surface area contributed by atoms with Crippen LogP contribution >= 0.6 is 0 Å². The lowest BCUT2D eigenvalue weighted by molar-refractivity contribution is 0.0953. The molecule has 1 N–H and O–H groups in total. The molecule has 0 amide bonds. The predicted molar refractivity (Wildman–Crippen MR) is 128 cm³/mol. The van der Waals surface area contributed by atoms with Crippen molar-refractivity contribution < 1.29 is 14.6 Å². The van der Waals surface area contributed by atoms with Crippen molar-refractivity contribution in [3.05, 3.63) is 65.9 Å². The van der Waals surface area contributed by atoms with E-state index in [4.69, 9.17) is 14.6 Å². The zero-order valence-electron chi connectivity index (χ0n) is 19.8. The van der Waals surface area contributed by atoms with Crippen LogP contribution in [0.4, 0.5) is 0 Å². The van der Waals surface area contributed by atoms with Gasteiger partial charge in [0.25, 0.3) is 0 Å². The summed E-state index contributed by atoms with van der Waals surface area (Å²) in [5.41, 5.74) is 2.99. The number of rotatable bonds is 11. The van der Waals surface area contributed by atoms with E-state index in [0.717, 1.165) is 41.3 Å². The highest BCUT2D eigenvalue weighted by molar-refractivity contribution is 5.44. The Labute approximate surface area is 191 Å². The molecule has 32 heavy (non-hydrogen) atoms. The molecule has 0 radical (unpaired) electrons. The first-order chi connectivity index (χ1) is 15.5. The van der Waals surface area contributed by atoms with Crippen LogP contribution in [-0.4, -0.2) is 45.6 Å². The Kier molecular flexibility index (Phi) is 8.31. The number of aromatic nitrogens is 2. The van der Waals surface area contributed by atoms with Crippen LogP contribution in [0.1, 0.15) is 45.4 Å². The molecule has 0 bridgehead atoms. The van der Waals surface area contributed by atoms with E-state index in [-0.39, 0.29) is 0 Å². The van der Waals surface area contributed by atoms with Gasteiger partial charge in [-0.15, -0.1) is 0 Å². The number of methoxy groups -OCH3 is 1. The van der Waals surface area contributed by atoms with E-state index in [1.54, 1.807) is 7.11 Å². The van der Waals surface area contributed by atoms with Crippen molar-refractivity contribution in [1.29, 1.82) is 0 Å². The number of aliphatic hydroxyl groups is 1. The summed E-state index contributed by atoms with van der Waals surface area (Å²) >= 11 is 0. The third-order valence-electron chi connectivity index (χ3n) is 5.70. The van der Waals surface area contributed by atoms with Gasteiger partial charge in [-0.3, -0.25) is 4.90 Å². The number of hydrogen-bond donors (Lipinski definition) is 1. The third-order valence-corrected chi connectivity index (χ3v) is 5.70. The van der Waals surface area contributed by atoms with E-state index in [9.17, 15) is 5.11 Å². The lowest BCUT2D eigenvalue weighted by Crippen LogP contribution is -2.37. The first-order valence-corrected chi connectivity index (χ1v) is 11.4. The Morgan fingerprint density at radius 3 is 2.22 bits per heavy atom. The first-order valence-electron chi connectivity index (χ1n) is 11.4. The van der Waals surface area contributed by atoms with Crippen LogP contribution < -0.4 is 9.47 Å². The predicted octanol–water partition coefficient (Wildman–Crippen LogP) is 5.22. The number of nitrogens with zero attached hydrogens (tertiary/aromatic N) is 3. The number of para-hydroxylation sites is 1. The fraction of sp³-hybridized carbons (Fsp3) is 0.423. The third kappa shape index (κ3) is 5.69. The van der Waals surface area contributed by atoms with Gasteiger partial charge in [0.2, 0.25) is 5.88 Å². The molecular formula is C26H35N3O3. The van der Waals surface area contributed by atoms with Gasteiger partial charge in [-0.1, -0.05) is 32.0 Å². The Hall–Kier alpha value is -2.83. The van der Waals surface area contributed by atoms with Crippen LogP contribution in [0.15, 0.2) is 54.6 Å². The summed E-state index contributed by atoms with van der Waals surface area (Å²) in [5.74, 6) is 2.21. The Morgan fingerprint density at radius 1 is 1.00 bits per heavy atom. The second-order valence-electron chi connectivity index (χ2n) is 8.14. The van der Waals surface area contributed by atoms with Gasteiger partial charge in [0.15, 0.2) is 0 Å². The molecule has 0 fully saturated rings. The molecule has 1 aromatic heterocycles. The molecule has 0 aliphatic heterocycles. The molecular weight excluding hydrogens is 402 g/mol. The van der Waals surface area contributed by atoms with Gasteiger partial charge in [0.05, 0.1) is 30.2 Å². The normalized spacial score (nSPS) is 13.2. The minimum absolute atomic E-state index is 0.322. The maximum absolute atomic E-state index is 10.1. The second kappa shape index (κ2) is 11.2. The molecule has 6 nitrogen and oxygen atoms in total. The lowest BCUT2D eigenvalue weighted by atomic mass is 10.1. The quantitative estimate of drug-likeness (QED) is 0.446. The van der Waals surface area contributed by atoms with E-state index in [2.05, 4.69) is 25.7 Å². The van der Waals surface area contributed by atoms with Crippen molar-refractivity contribution in [2.75, 3.05) is 13.7 Å². The zero-order chi connectivity index (χ0) is 23.1. The van der Waals surface area contributed by atoms with E-state index < -0.39 is 6.10 Å². The molecule has 0 unspecified atom stereocenters. The largest absolute Gasteiger partial charge is 0.497 e. The molecule has 0 saturated carbocycles. The number of hydrogen-bond acceptors (Lipinski definition) is 5. The average Bonchev–Trinajstić information content (AvgIpc) is 3.15. The fourth-order valence-corrected chi connectivity index (χ4v) is 3.73. The van der Waals surface area contributed by atoms with Crippen LogP contribution in [0.2, 0.25) is 0 Å². The van der Waals surface area contributed by atoms with Gasteiger partial charge < -0.3 is 14.6 Å². The highest BCUT2D eigenvalue weighted by Crippen LogP contribution is 2.33.